The van der Waals surface area contributed by atoms with Gasteiger partial charge in [0, 0.05) is 5.69 Å². The van der Waals surface area contributed by atoms with E-state index in [2.05, 4.69) is 47.6 Å². The second kappa shape index (κ2) is 9.39. The highest BCUT2D eigenvalue weighted by Gasteiger charge is 2.13. The fraction of sp³-hybridized carbons (Fsp3) is 0.273. The maximum Gasteiger partial charge on any atom is 0.230 e. The molecule has 1 N–H and O–H groups in total. The van der Waals surface area contributed by atoms with Crippen LogP contribution in [0.15, 0.2) is 60.0 Å². The van der Waals surface area contributed by atoms with E-state index in [0.29, 0.717) is 16.6 Å². The number of carbonyl (C=O) groups excluding carboxylic acids is 1. The van der Waals surface area contributed by atoms with E-state index in [1.54, 1.807) is 18.5 Å². The van der Waals surface area contributed by atoms with E-state index < -0.39 is 0 Å². The summed E-state index contributed by atoms with van der Waals surface area (Å²) in [5.74, 6) is 0.626. The second-order valence-electron chi connectivity index (χ2n) is 7.04. The Hall–Kier alpha value is -3.11. The van der Waals surface area contributed by atoms with E-state index in [1.165, 1.54) is 17.3 Å². The van der Waals surface area contributed by atoms with Crippen molar-refractivity contribution >= 4 is 17.7 Å². The third kappa shape index (κ3) is 5.24. The van der Waals surface area contributed by atoms with Crippen molar-refractivity contribution < 1.29 is 4.79 Å². The molecule has 7 heteroatoms. The molecule has 29 heavy (non-hydrogen) atoms. The Morgan fingerprint density at radius 1 is 1.10 bits per heavy atom. The SMILES string of the molecule is CC(C)c1ccc(-n2cnnc2SCC(=O)NC(C)c2ccc(C#N)cc2)cc1. The third-order valence-electron chi connectivity index (χ3n) is 4.60. The summed E-state index contributed by atoms with van der Waals surface area (Å²) in [7, 11) is 0. The topological polar surface area (TPSA) is 83.6 Å². The summed E-state index contributed by atoms with van der Waals surface area (Å²) in [5, 5.41) is 20.7. The Labute approximate surface area is 175 Å². The van der Waals surface area contributed by atoms with Crippen LogP contribution in [0.4, 0.5) is 0 Å². The predicted octanol–water partition coefficient (Wildman–Crippen LogP) is 4.23. The molecule has 2 aromatic carbocycles. The van der Waals surface area contributed by atoms with Gasteiger partial charge in [0.1, 0.15) is 6.33 Å². The predicted molar refractivity (Wildman–Crippen MR) is 114 cm³/mol. The molecular weight excluding hydrogens is 382 g/mol. The van der Waals surface area contributed by atoms with Gasteiger partial charge < -0.3 is 5.32 Å². The van der Waals surface area contributed by atoms with Crippen molar-refractivity contribution in [3.63, 3.8) is 0 Å². The van der Waals surface area contributed by atoms with Crippen molar-refractivity contribution in [1.82, 2.24) is 20.1 Å². The van der Waals surface area contributed by atoms with Crippen molar-refractivity contribution in [3.05, 3.63) is 71.5 Å². The normalized spacial score (nSPS) is 11.8. The quantitative estimate of drug-likeness (QED) is 0.595. The fourth-order valence-electron chi connectivity index (χ4n) is 2.86. The molecule has 0 spiro atoms. The van der Waals surface area contributed by atoms with Crippen molar-refractivity contribution in [2.75, 3.05) is 5.75 Å². The molecule has 1 amide bonds. The molecule has 1 aromatic heterocycles. The first-order valence-corrected chi connectivity index (χ1v) is 10.4. The average Bonchev–Trinajstić information content (AvgIpc) is 3.21. The molecule has 6 nitrogen and oxygen atoms in total. The number of amides is 1. The first-order chi connectivity index (χ1) is 14.0. The molecule has 1 atom stereocenters. The molecule has 0 fully saturated rings. The van der Waals surface area contributed by atoms with Crippen LogP contribution in [0.2, 0.25) is 0 Å². The summed E-state index contributed by atoms with van der Waals surface area (Å²) in [5.41, 5.74) is 3.79. The lowest BCUT2D eigenvalue weighted by molar-refractivity contribution is -0.119. The molecule has 1 heterocycles. The van der Waals surface area contributed by atoms with E-state index in [0.717, 1.165) is 11.3 Å². The maximum atomic E-state index is 12.4. The molecule has 0 radical (unpaired) electrons. The van der Waals surface area contributed by atoms with Gasteiger partial charge in [0.15, 0.2) is 5.16 Å². The number of nitriles is 1. The fourth-order valence-corrected chi connectivity index (χ4v) is 3.60. The first-order valence-electron chi connectivity index (χ1n) is 9.40. The Kier molecular flexibility index (Phi) is 6.68. The smallest absolute Gasteiger partial charge is 0.230 e. The number of hydrogen-bond acceptors (Lipinski definition) is 5. The van der Waals surface area contributed by atoms with E-state index in [9.17, 15) is 4.79 Å². The van der Waals surface area contributed by atoms with Gasteiger partial charge in [-0.25, -0.2) is 0 Å². The molecule has 148 valence electrons. The van der Waals surface area contributed by atoms with Gasteiger partial charge in [-0.2, -0.15) is 5.26 Å². The summed E-state index contributed by atoms with van der Waals surface area (Å²) in [6.07, 6.45) is 1.66. The van der Waals surface area contributed by atoms with Gasteiger partial charge in [0.05, 0.1) is 23.4 Å². The number of nitrogens with one attached hydrogen (secondary N) is 1. The van der Waals surface area contributed by atoms with Crippen molar-refractivity contribution in [2.45, 2.75) is 37.9 Å². The van der Waals surface area contributed by atoms with Crippen LogP contribution in [0.25, 0.3) is 5.69 Å². The average molecular weight is 406 g/mol. The minimum atomic E-state index is -0.141. The molecule has 0 aliphatic carbocycles. The molecule has 1 unspecified atom stereocenters. The maximum absolute atomic E-state index is 12.4. The minimum Gasteiger partial charge on any atom is -0.349 e. The zero-order valence-electron chi connectivity index (χ0n) is 16.7. The first kappa shape index (κ1) is 20.6. The van der Waals surface area contributed by atoms with Crippen molar-refractivity contribution in [2.24, 2.45) is 0 Å². The van der Waals surface area contributed by atoms with Crippen LogP contribution in [0, 0.1) is 11.3 Å². The van der Waals surface area contributed by atoms with Gasteiger partial charge in [-0.3, -0.25) is 9.36 Å². The van der Waals surface area contributed by atoms with E-state index in [-0.39, 0.29) is 17.7 Å². The second-order valence-corrected chi connectivity index (χ2v) is 7.98. The van der Waals surface area contributed by atoms with Crippen LogP contribution >= 0.6 is 11.8 Å². The Bertz CT molecular complexity index is 1000. The van der Waals surface area contributed by atoms with Gasteiger partial charge in [-0.1, -0.05) is 49.9 Å². The molecule has 0 saturated heterocycles. The van der Waals surface area contributed by atoms with Gasteiger partial charge in [-0.05, 0) is 48.2 Å². The monoisotopic (exact) mass is 405 g/mol. The number of hydrogen-bond donors (Lipinski definition) is 1. The number of aromatic nitrogens is 3. The molecule has 0 aliphatic heterocycles. The van der Waals surface area contributed by atoms with Gasteiger partial charge in [-0.15, -0.1) is 10.2 Å². The molecular formula is C22H23N5OS. The van der Waals surface area contributed by atoms with Crippen LogP contribution in [0.3, 0.4) is 0 Å². The van der Waals surface area contributed by atoms with Gasteiger partial charge in [0.25, 0.3) is 0 Å². The lowest BCUT2D eigenvalue weighted by Gasteiger charge is -2.14. The Morgan fingerprint density at radius 2 is 1.76 bits per heavy atom. The molecule has 0 saturated carbocycles. The largest absolute Gasteiger partial charge is 0.349 e. The van der Waals surface area contributed by atoms with E-state index >= 15 is 0 Å². The number of rotatable bonds is 7. The van der Waals surface area contributed by atoms with Crippen LogP contribution < -0.4 is 5.32 Å². The van der Waals surface area contributed by atoms with Gasteiger partial charge in [0.2, 0.25) is 5.91 Å². The molecule has 0 aliphatic rings. The van der Waals surface area contributed by atoms with Crippen LogP contribution in [-0.4, -0.2) is 26.4 Å². The van der Waals surface area contributed by atoms with Gasteiger partial charge >= 0.3 is 0 Å². The van der Waals surface area contributed by atoms with Crippen LogP contribution in [0.1, 0.15) is 49.4 Å². The van der Waals surface area contributed by atoms with Crippen molar-refractivity contribution in [1.29, 1.82) is 5.26 Å². The van der Waals surface area contributed by atoms with E-state index in [1.807, 2.05) is 35.8 Å². The summed E-state index contributed by atoms with van der Waals surface area (Å²) in [4.78, 5) is 12.4. The number of benzene rings is 2. The standard InChI is InChI=1S/C22H23N5OS/c1-15(2)18-8-10-20(11-9-18)27-14-24-26-22(27)29-13-21(28)25-16(3)19-6-4-17(12-23)5-7-19/h4-11,14-16H,13H2,1-3H3,(H,25,28). The summed E-state index contributed by atoms with van der Waals surface area (Å²) < 4.78 is 1.88. The highest BCUT2D eigenvalue weighted by molar-refractivity contribution is 7.99. The zero-order valence-corrected chi connectivity index (χ0v) is 17.5. The third-order valence-corrected chi connectivity index (χ3v) is 5.55. The summed E-state index contributed by atoms with van der Waals surface area (Å²) >= 11 is 1.34. The minimum absolute atomic E-state index is 0.0865. The summed E-state index contributed by atoms with van der Waals surface area (Å²) in [6, 6.07) is 17.4. The number of carbonyl (C=O) groups is 1. The van der Waals surface area contributed by atoms with Crippen LogP contribution in [0.5, 0.6) is 0 Å². The lowest BCUT2D eigenvalue weighted by Crippen LogP contribution is -2.28. The zero-order chi connectivity index (χ0) is 20.8. The molecule has 0 bridgehead atoms. The van der Waals surface area contributed by atoms with Crippen LogP contribution in [-0.2, 0) is 4.79 Å². The summed E-state index contributed by atoms with van der Waals surface area (Å²) in [6.45, 7) is 6.24. The number of nitrogens with zero attached hydrogens (tertiary/aromatic N) is 4. The van der Waals surface area contributed by atoms with Crippen molar-refractivity contribution in [3.8, 4) is 11.8 Å². The number of thioether (sulfide) groups is 1. The molecule has 3 aromatic rings. The lowest BCUT2D eigenvalue weighted by atomic mass is 10.0. The highest BCUT2D eigenvalue weighted by Crippen LogP contribution is 2.22. The Balaban J connectivity index is 1.59. The Morgan fingerprint density at radius 3 is 2.38 bits per heavy atom. The highest BCUT2D eigenvalue weighted by atomic mass is 32.2. The molecule has 3 rings (SSSR count). The van der Waals surface area contributed by atoms with E-state index in [4.69, 9.17) is 5.26 Å².